The van der Waals surface area contributed by atoms with Crippen LogP contribution in [0, 0.1) is 0 Å². The number of nitrogens with two attached hydrogens (primary N) is 1. The number of fused-ring (bicyclic) bond motifs is 1. The zero-order valence-electron chi connectivity index (χ0n) is 16.8. The van der Waals surface area contributed by atoms with Gasteiger partial charge < -0.3 is 15.8 Å². The standard InChI is InChI=1S/C22H26N6O/c1-24-12-15(11-23)17-14-28-19(13-25-22(28)10-20(17)29-2)18-8-5-9-21(27-18)26-16-6-3-4-7-16/h5,8-14,16H,3-4,6-7,23H2,1-2H3,(H,26,27). The Balaban J connectivity index is 1.76. The van der Waals surface area contributed by atoms with E-state index in [1.807, 2.05) is 41.1 Å². The molecule has 0 aliphatic heterocycles. The van der Waals surface area contributed by atoms with Crippen molar-refractivity contribution in [1.29, 1.82) is 0 Å². The quantitative estimate of drug-likeness (QED) is 0.626. The number of aromatic nitrogens is 3. The van der Waals surface area contributed by atoms with E-state index in [0.29, 0.717) is 11.8 Å². The number of hydrogen-bond acceptors (Lipinski definition) is 6. The first kappa shape index (κ1) is 19.0. The summed E-state index contributed by atoms with van der Waals surface area (Å²) in [4.78, 5) is 13.5. The number of rotatable bonds is 6. The van der Waals surface area contributed by atoms with E-state index in [4.69, 9.17) is 15.5 Å². The Morgan fingerprint density at radius 2 is 2.17 bits per heavy atom. The van der Waals surface area contributed by atoms with Crippen molar-refractivity contribution in [3.8, 4) is 17.1 Å². The van der Waals surface area contributed by atoms with Crippen molar-refractivity contribution >= 4 is 23.3 Å². The molecule has 150 valence electrons. The van der Waals surface area contributed by atoms with Crippen LogP contribution in [0.15, 0.2) is 47.9 Å². The Kier molecular flexibility index (Phi) is 5.46. The second kappa shape index (κ2) is 8.34. The molecule has 1 aliphatic rings. The molecule has 0 radical (unpaired) electrons. The second-order valence-electron chi connectivity index (χ2n) is 7.17. The summed E-state index contributed by atoms with van der Waals surface area (Å²) in [7, 11) is 3.35. The smallest absolute Gasteiger partial charge is 0.140 e. The lowest BCUT2D eigenvalue weighted by atomic mass is 10.1. The molecule has 0 atom stereocenters. The van der Waals surface area contributed by atoms with Gasteiger partial charge in [0.05, 0.1) is 24.7 Å². The summed E-state index contributed by atoms with van der Waals surface area (Å²) < 4.78 is 7.56. The van der Waals surface area contributed by atoms with Crippen molar-refractivity contribution in [2.45, 2.75) is 31.7 Å². The fourth-order valence-corrected chi connectivity index (χ4v) is 3.86. The van der Waals surface area contributed by atoms with Gasteiger partial charge in [-0.3, -0.25) is 9.39 Å². The predicted octanol–water partition coefficient (Wildman–Crippen LogP) is 3.76. The van der Waals surface area contributed by atoms with Crippen molar-refractivity contribution < 1.29 is 4.74 Å². The minimum absolute atomic E-state index is 0.515. The van der Waals surface area contributed by atoms with Gasteiger partial charge in [-0.1, -0.05) is 18.9 Å². The van der Waals surface area contributed by atoms with Crippen molar-refractivity contribution in [2.75, 3.05) is 19.5 Å². The number of imidazole rings is 1. The minimum Gasteiger partial charge on any atom is -0.496 e. The van der Waals surface area contributed by atoms with Gasteiger partial charge in [0.2, 0.25) is 0 Å². The Labute approximate surface area is 170 Å². The molecule has 3 aromatic rings. The van der Waals surface area contributed by atoms with Crippen LogP contribution < -0.4 is 15.8 Å². The molecule has 3 N–H and O–H groups in total. The average Bonchev–Trinajstić information content (AvgIpc) is 3.40. The summed E-state index contributed by atoms with van der Waals surface area (Å²) in [5.74, 6) is 1.59. The van der Waals surface area contributed by atoms with Crippen LogP contribution in [0.2, 0.25) is 0 Å². The number of nitrogens with one attached hydrogen (secondary N) is 1. The summed E-state index contributed by atoms with van der Waals surface area (Å²) in [6, 6.07) is 8.46. The Hall–Kier alpha value is -3.35. The number of allylic oxidation sites excluding steroid dienone is 1. The lowest BCUT2D eigenvalue weighted by molar-refractivity contribution is 0.413. The molecule has 0 aromatic carbocycles. The van der Waals surface area contributed by atoms with Crippen LogP contribution in [0.4, 0.5) is 5.82 Å². The van der Waals surface area contributed by atoms with Crippen LogP contribution in [0.1, 0.15) is 31.2 Å². The molecule has 7 nitrogen and oxygen atoms in total. The van der Waals surface area contributed by atoms with E-state index in [-0.39, 0.29) is 0 Å². The molecule has 1 saturated carbocycles. The van der Waals surface area contributed by atoms with Crippen LogP contribution in [0.5, 0.6) is 5.75 Å². The molecule has 0 saturated heterocycles. The highest BCUT2D eigenvalue weighted by molar-refractivity contribution is 6.10. The highest BCUT2D eigenvalue weighted by atomic mass is 16.5. The maximum atomic E-state index is 5.83. The molecule has 29 heavy (non-hydrogen) atoms. The minimum atomic E-state index is 0.515. The SMILES string of the molecule is CN=CC(=CN)c1cn2c(-c3cccc(NC4CCCC4)n3)cnc2cc1OC. The number of pyridine rings is 2. The molecule has 0 unspecified atom stereocenters. The highest BCUT2D eigenvalue weighted by Gasteiger charge is 2.17. The van der Waals surface area contributed by atoms with E-state index in [1.54, 1.807) is 20.4 Å². The van der Waals surface area contributed by atoms with E-state index in [0.717, 1.165) is 34.0 Å². The van der Waals surface area contributed by atoms with Gasteiger partial charge in [-0.2, -0.15) is 0 Å². The number of aliphatic imine (C=N–C) groups is 1. The van der Waals surface area contributed by atoms with Gasteiger partial charge in [0.1, 0.15) is 17.2 Å². The zero-order valence-corrected chi connectivity index (χ0v) is 16.8. The monoisotopic (exact) mass is 390 g/mol. The Bertz CT molecular complexity index is 1060. The third-order valence-corrected chi connectivity index (χ3v) is 5.31. The molecule has 0 amide bonds. The molecule has 1 fully saturated rings. The first-order valence-electron chi connectivity index (χ1n) is 9.87. The Morgan fingerprint density at radius 3 is 2.90 bits per heavy atom. The molecule has 3 aromatic heterocycles. The third kappa shape index (κ3) is 3.81. The van der Waals surface area contributed by atoms with E-state index in [9.17, 15) is 0 Å². The van der Waals surface area contributed by atoms with Crippen molar-refractivity contribution in [3.05, 3.63) is 48.4 Å². The number of ether oxygens (including phenoxy) is 1. The highest BCUT2D eigenvalue weighted by Crippen LogP contribution is 2.30. The van der Waals surface area contributed by atoms with Crippen LogP contribution in [-0.2, 0) is 0 Å². The average molecular weight is 390 g/mol. The van der Waals surface area contributed by atoms with Gasteiger partial charge in [-0.25, -0.2) is 9.97 Å². The summed E-state index contributed by atoms with van der Waals surface area (Å²) >= 11 is 0. The lowest BCUT2D eigenvalue weighted by Crippen LogP contribution is -2.15. The van der Waals surface area contributed by atoms with E-state index >= 15 is 0 Å². The molecular weight excluding hydrogens is 364 g/mol. The number of nitrogens with zero attached hydrogens (tertiary/aromatic N) is 4. The fraction of sp³-hybridized carbons (Fsp3) is 0.318. The number of anilines is 1. The van der Waals surface area contributed by atoms with Crippen LogP contribution in [0.25, 0.3) is 22.6 Å². The van der Waals surface area contributed by atoms with Gasteiger partial charge in [-0.15, -0.1) is 0 Å². The van der Waals surface area contributed by atoms with E-state index in [1.165, 1.54) is 31.9 Å². The van der Waals surface area contributed by atoms with Crippen molar-refractivity contribution in [3.63, 3.8) is 0 Å². The van der Waals surface area contributed by atoms with E-state index < -0.39 is 0 Å². The topological polar surface area (TPSA) is 89.8 Å². The summed E-state index contributed by atoms with van der Waals surface area (Å²) in [5.41, 5.74) is 9.99. The van der Waals surface area contributed by atoms with Crippen LogP contribution in [-0.4, -0.2) is 40.8 Å². The maximum Gasteiger partial charge on any atom is 0.140 e. The lowest BCUT2D eigenvalue weighted by Gasteiger charge is -2.14. The molecule has 0 bridgehead atoms. The van der Waals surface area contributed by atoms with Crippen molar-refractivity contribution in [1.82, 2.24) is 14.4 Å². The van der Waals surface area contributed by atoms with Crippen molar-refractivity contribution in [2.24, 2.45) is 10.7 Å². The van der Waals surface area contributed by atoms with Gasteiger partial charge in [0, 0.05) is 48.9 Å². The Morgan fingerprint density at radius 1 is 1.34 bits per heavy atom. The van der Waals surface area contributed by atoms with Gasteiger partial charge in [-0.05, 0) is 25.0 Å². The van der Waals surface area contributed by atoms with Crippen LogP contribution in [0.3, 0.4) is 0 Å². The molecule has 4 rings (SSSR count). The fourth-order valence-electron chi connectivity index (χ4n) is 3.86. The second-order valence-corrected chi connectivity index (χ2v) is 7.17. The number of hydrogen-bond donors (Lipinski definition) is 2. The molecular formula is C22H26N6O. The summed E-state index contributed by atoms with van der Waals surface area (Å²) in [6.45, 7) is 0. The maximum absolute atomic E-state index is 5.83. The first-order chi connectivity index (χ1) is 14.2. The molecule has 0 spiro atoms. The van der Waals surface area contributed by atoms with Gasteiger partial charge in [0.25, 0.3) is 0 Å². The zero-order chi connectivity index (χ0) is 20.2. The predicted molar refractivity (Wildman–Crippen MR) is 117 cm³/mol. The molecule has 1 aliphatic carbocycles. The normalized spacial score (nSPS) is 15.4. The summed E-state index contributed by atoms with van der Waals surface area (Å²) in [5, 5.41) is 3.56. The summed E-state index contributed by atoms with van der Waals surface area (Å²) in [6.07, 6.45) is 12.0. The van der Waals surface area contributed by atoms with Gasteiger partial charge in [0.15, 0.2) is 0 Å². The van der Waals surface area contributed by atoms with Crippen LogP contribution >= 0.6 is 0 Å². The number of methoxy groups -OCH3 is 1. The largest absolute Gasteiger partial charge is 0.496 e. The third-order valence-electron chi connectivity index (χ3n) is 5.31. The molecule has 3 heterocycles. The van der Waals surface area contributed by atoms with Gasteiger partial charge >= 0.3 is 0 Å². The molecule has 7 heteroatoms. The first-order valence-corrected chi connectivity index (χ1v) is 9.87. The van der Waals surface area contributed by atoms with E-state index in [2.05, 4.69) is 15.3 Å².